The first kappa shape index (κ1) is 18.1. The fraction of sp³-hybridized carbons (Fsp3) is 0.625. The van der Waals surface area contributed by atoms with E-state index in [2.05, 4.69) is 13.8 Å². The minimum Gasteiger partial charge on any atom is -0.330 e. The number of hydrogen-bond acceptors (Lipinski definition) is 3. The molecule has 0 amide bonds. The molecule has 0 aromatic heterocycles. The van der Waals surface area contributed by atoms with Gasteiger partial charge in [-0.15, -0.1) is 0 Å². The highest BCUT2D eigenvalue weighted by Crippen LogP contribution is 2.21. The summed E-state index contributed by atoms with van der Waals surface area (Å²) < 4.78 is 26.5. The monoisotopic (exact) mass is 312 g/mol. The highest BCUT2D eigenvalue weighted by atomic mass is 32.2. The summed E-state index contributed by atoms with van der Waals surface area (Å²) in [6.45, 7) is 9.07. The maximum Gasteiger partial charge on any atom is 0.242 e. The van der Waals surface area contributed by atoms with Crippen LogP contribution >= 0.6 is 0 Å². The minimum absolute atomic E-state index is 0.237. The Balaban J connectivity index is 2.92. The van der Waals surface area contributed by atoms with E-state index < -0.39 is 10.0 Å². The van der Waals surface area contributed by atoms with Gasteiger partial charge in [-0.1, -0.05) is 39.8 Å². The molecule has 0 unspecified atom stereocenters. The lowest BCUT2D eigenvalue weighted by atomic mass is 9.94. The summed E-state index contributed by atoms with van der Waals surface area (Å²) in [4.78, 5) is 0.338. The lowest BCUT2D eigenvalue weighted by Crippen LogP contribution is -2.39. The molecule has 0 heterocycles. The van der Waals surface area contributed by atoms with Gasteiger partial charge in [-0.05, 0) is 42.0 Å². The van der Waals surface area contributed by atoms with Crippen molar-refractivity contribution in [3.05, 3.63) is 29.8 Å². The van der Waals surface area contributed by atoms with Crippen molar-refractivity contribution in [2.24, 2.45) is 17.1 Å². The molecule has 5 heteroatoms. The second-order valence-electron chi connectivity index (χ2n) is 6.87. The Bertz CT molecular complexity index is 548. The third kappa shape index (κ3) is 5.09. The molecule has 0 fully saturated rings. The van der Waals surface area contributed by atoms with E-state index in [0.29, 0.717) is 23.9 Å². The molecule has 2 N–H and O–H groups in total. The lowest BCUT2D eigenvalue weighted by molar-refractivity contribution is 0.292. The Labute approximate surface area is 129 Å². The maximum absolute atomic E-state index is 12.5. The van der Waals surface area contributed by atoms with Crippen molar-refractivity contribution in [1.29, 1.82) is 0 Å². The van der Waals surface area contributed by atoms with Crippen molar-refractivity contribution in [2.45, 2.75) is 39.0 Å². The maximum atomic E-state index is 12.5. The molecule has 0 aliphatic rings. The van der Waals surface area contributed by atoms with Crippen LogP contribution in [0.15, 0.2) is 29.2 Å². The number of nitrogens with two attached hydrogens (primary N) is 1. The third-order valence-corrected chi connectivity index (χ3v) is 5.30. The Morgan fingerprint density at radius 1 is 1.19 bits per heavy atom. The van der Waals surface area contributed by atoms with Gasteiger partial charge in [0, 0.05) is 13.6 Å². The normalized spacial score (nSPS) is 13.1. The van der Waals surface area contributed by atoms with E-state index >= 15 is 0 Å². The van der Waals surface area contributed by atoms with Crippen molar-refractivity contribution >= 4 is 10.0 Å². The molecule has 0 bridgehead atoms. The first-order valence-electron chi connectivity index (χ1n) is 7.34. The van der Waals surface area contributed by atoms with Crippen LogP contribution in [0.2, 0.25) is 0 Å². The topological polar surface area (TPSA) is 63.4 Å². The number of rotatable bonds is 7. The lowest BCUT2D eigenvalue weighted by Gasteiger charge is -2.28. The second-order valence-corrected chi connectivity index (χ2v) is 8.92. The minimum atomic E-state index is -3.45. The molecule has 1 aromatic carbocycles. The van der Waals surface area contributed by atoms with E-state index in [1.807, 2.05) is 26.0 Å². The van der Waals surface area contributed by atoms with Crippen molar-refractivity contribution in [2.75, 3.05) is 20.1 Å². The van der Waals surface area contributed by atoms with E-state index in [-0.39, 0.29) is 5.41 Å². The largest absolute Gasteiger partial charge is 0.330 e. The third-order valence-electron chi connectivity index (χ3n) is 3.48. The number of nitrogens with zero attached hydrogens (tertiary/aromatic N) is 1. The molecule has 0 aliphatic carbocycles. The average Bonchev–Trinajstić information content (AvgIpc) is 2.38. The summed E-state index contributed by atoms with van der Waals surface area (Å²) in [5, 5.41) is 0. The fourth-order valence-electron chi connectivity index (χ4n) is 2.20. The van der Waals surface area contributed by atoms with Crippen LogP contribution in [0.25, 0.3) is 0 Å². The van der Waals surface area contributed by atoms with Crippen LogP contribution in [-0.4, -0.2) is 32.9 Å². The highest BCUT2D eigenvalue weighted by molar-refractivity contribution is 7.89. The summed E-state index contributed by atoms with van der Waals surface area (Å²) in [6, 6.07) is 7.18. The van der Waals surface area contributed by atoms with Gasteiger partial charge in [-0.25, -0.2) is 12.7 Å². The standard InChI is InChI=1S/C16H28N2O2S/c1-13(2)10-14-6-8-15(9-7-14)21(19,20)18(5)12-16(3,4)11-17/h6-9,13H,10-12,17H2,1-5H3. The van der Waals surface area contributed by atoms with Gasteiger partial charge >= 0.3 is 0 Å². The van der Waals surface area contributed by atoms with Crippen LogP contribution in [-0.2, 0) is 16.4 Å². The van der Waals surface area contributed by atoms with Crippen molar-refractivity contribution in [1.82, 2.24) is 4.31 Å². The predicted octanol–water partition coefficient (Wildman–Crippen LogP) is 2.49. The van der Waals surface area contributed by atoms with Crippen molar-refractivity contribution in [3.8, 4) is 0 Å². The predicted molar refractivity (Wildman–Crippen MR) is 87.6 cm³/mol. The van der Waals surface area contributed by atoms with Crippen LogP contribution in [0, 0.1) is 11.3 Å². The van der Waals surface area contributed by atoms with Gasteiger partial charge in [0.2, 0.25) is 10.0 Å². The number of sulfonamides is 1. The van der Waals surface area contributed by atoms with Crippen LogP contribution in [0.4, 0.5) is 0 Å². The summed E-state index contributed by atoms with van der Waals surface area (Å²) in [6.07, 6.45) is 0.955. The first-order chi connectivity index (χ1) is 9.58. The summed E-state index contributed by atoms with van der Waals surface area (Å²) in [7, 11) is -1.84. The smallest absolute Gasteiger partial charge is 0.242 e. The molecule has 0 saturated carbocycles. The average molecular weight is 312 g/mol. The van der Waals surface area contributed by atoms with Crippen LogP contribution in [0.3, 0.4) is 0 Å². The zero-order valence-electron chi connectivity index (χ0n) is 13.8. The zero-order valence-corrected chi connectivity index (χ0v) is 14.6. The molecule has 0 radical (unpaired) electrons. The SMILES string of the molecule is CC(C)Cc1ccc(S(=O)(=O)N(C)CC(C)(C)CN)cc1. The zero-order chi connectivity index (χ0) is 16.3. The van der Waals surface area contributed by atoms with E-state index in [4.69, 9.17) is 5.73 Å². The Morgan fingerprint density at radius 3 is 2.14 bits per heavy atom. The molecule has 0 atom stereocenters. The summed E-state index contributed by atoms with van der Waals surface area (Å²) in [5.41, 5.74) is 6.61. The van der Waals surface area contributed by atoms with Crippen LogP contribution in [0.1, 0.15) is 33.3 Å². The molecule has 1 rings (SSSR count). The van der Waals surface area contributed by atoms with Gasteiger partial charge in [0.25, 0.3) is 0 Å². The Hall–Kier alpha value is -0.910. The van der Waals surface area contributed by atoms with E-state index in [1.54, 1.807) is 19.2 Å². The van der Waals surface area contributed by atoms with Crippen molar-refractivity contribution < 1.29 is 8.42 Å². The first-order valence-corrected chi connectivity index (χ1v) is 8.78. The van der Waals surface area contributed by atoms with Gasteiger partial charge in [-0.2, -0.15) is 0 Å². The van der Waals surface area contributed by atoms with Gasteiger partial charge in [0.1, 0.15) is 0 Å². The van der Waals surface area contributed by atoms with E-state index in [0.717, 1.165) is 12.0 Å². The molecular weight excluding hydrogens is 284 g/mol. The second kappa shape index (κ2) is 6.90. The summed E-state index contributed by atoms with van der Waals surface area (Å²) >= 11 is 0. The van der Waals surface area contributed by atoms with Gasteiger partial charge in [0.05, 0.1) is 4.90 Å². The molecule has 120 valence electrons. The van der Waals surface area contributed by atoms with Crippen molar-refractivity contribution in [3.63, 3.8) is 0 Å². The van der Waals surface area contributed by atoms with Gasteiger partial charge in [0.15, 0.2) is 0 Å². The molecular formula is C16H28N2O2S. The molecule has 21 heavy (non-hydrogen) atoms. The highest BCUT2D eigenvalue weighted by Gasteiger charge is 2.27. The molecule has 0 saturated heterocycles. The molecule has 1 aromatic rings. The molecule has 0 aliphatic heterocycles. The van der Waals surface area contributed by atoms with Gasteiger partial charge < -0.3 is 5.73 Å². The molecule has 4 nitrogen and oxygen atoms in total. The van der Waals surface area contributed by atoms with Crippen LogP contribution < -0.4 is 5.73 Å². The van der Waals surface area contributed by atoms with E-state index in [9.17, 15) is 8.42 Å². The number of hydrogen-bond donors (Lipinski definition) is 1. The van der Waals surface area contributed by atoms with Gasteiger partial charge in [-0.3, -0.25) is 0 Å². The Kier molecular flexibility index (Phi) is 5.96. The Morgan fingerprint density at radius 2 is 1.71 bits per heavy atom. The van der Waals surface area contributed by atoms with E-state index in [1.165, 1.54) is 4.31 Å². The number of benzene rings is 1. The van der Waals surface area contributed by atoms with Crippen LogP contribution in [0.5, 0.6) is 0 Å². The fourth-order valence-corrected chi connectivity index (χ4v) is 3.56. The quantitative estimate of drug-likeness (QED) is 0.841. The summed E-state index contributed by atoms with van der Waals surface area (Å²) in [5.74, 6) is 0.556. The molecule has 0 spiro atoms.